The van der Waals surface area contributed by atoms with Crippen molar-refractivity contribution < 1.29 is 0 Å². The van der Waals surface area contributed by atoms with Gasteiger partial charge in [-0.25, -0.2) is 0 Å². The van der Waals surface area contributed by atoms with Crippen LogP contribution in [-0.2, 0) is 0 Å². The zero-order valence-electron chi connectivity index (χ0n) is 28.4. The molecule has 0 aliphatic rings. The number of hydrogen-bond donors (Lipinski definition) is 0. The molecule has 0 aliphatic heterocycles. The summed E-state index contributed by atoms with van der Waals surface area (Å²) in [6.45, 7) is 0. The second-order valence-electron chi connectivity index (χ2n) is 13.3. The number of rotatable bonds is 5. The molecule has 2 heteroatoms. The van der Waals surface area contributed by atoms with Crippen LogP contribution in [-0.4, -0.2) is 9.97 Å². The molecule has 0 atom stereocenters. The van der Waals surface area contributed by atoms with Gasteiger partial charge in [-0.15, -0.1) is 0 Å². The Hall–Kier alpha value is -6.90. The van der Waals surface area contributed by atoms with Crippen LogP contribution in [0.25, 0.3) is 98.9 Å². The quantitative estimate of drug-likeness (QED) is 0.172. The molecule has 0 N–H and O–H groups in total. The van der Waals surface area contributed by atoms with Crippen molar-refractivity contribution in [3.63, 3.8) is 0 Å². The topological polar surface area (TPSA) is 25.8 Å². The molecule has 0 spiro atoms. The first-order valence-electron chi connectivity index (χ1n) is 17.7. The van der Waals surface area contributed by atoms with Gasteiger partial charge in [0.1, 0.15) is 0 Å². The molecular formula is C50H32N2. The number of benzene rings is 9. The van der Waals surface area contributed by atoms with Crippen molar-refractivity contribution >= 4 is 43.1 Å². The Morgan fingerprint density at radius 2 is 0.654 bits per heavy atom. The van der Waals surface area contributed by atoms with Gasteiger partial charge in [-0.2, -0.15) is 0 Å². The van der Waals surface area contributed by atoms with Crippen LogP contribution in [0.2, 0.25) is 0 Å². The fourth-order valence-corrected chi connectivity index (χ4v) is 8.16. The molecule has 0 saturated carbocycles. The maximum atomic E-state index is 4.73. The summed E-state index contributed by atoms with van der Waals surface area (Å²) in [5, 5.41) is 9.74. The van der Waals surface area contributed by atoms with Crippen molar-refractivity contribution in [3.8, 4) is 55.8 Å². The van der Waals surface area contributed by atoms with Crippen LogP contribution in [0.3, 0.4) is 0 Å². The fraction of sp³-hybridized carbons (Fsp3) is 0. The van der Waals surface area contributed by atoms with Crippen molar-refractivity contribution in [2.75, 3.05) is 0 Å². The molecule has 9 aromatic carbocycles. The van der Waals surface area contributed by atoms with Crippen molar-refractivity contribution in [2.45, 2.75) is 0 Å². The Balaban J connectivity index is 1.21. The van der Waals surface area contributed by atoms with Crippen molar-refractivity contribution in [1.82, 2.24) is 9.97 Å². The van der Waals surface area contributed by atoms with E-state index in [1.54, 1.807) is 12.4 Å². The fourth-order valence-electron chi connectivity index (χ4n) is 8.16. The van der Waals surface area contributed by atoms with E-state index in [0.29, 0.717) is 0 Å². The summed E-state index contributed by atoms with van der Waals surface area (Å²) in [7, 11) is 0. The molecule has 0 fully saturated rings. The Bertz CT molecular complexity index is 2860. The highest BCUT2D eigenvalue weighted by atomic mass is 14.8. The van der Waals surface area contributed by atoms with Gasteiger partial charge < -0.3 is 0 Å². The number of fused-ring (bicyclic) bond motifs is 4. The monoisotopic (exact) mass is 660 g/mol. The second-order valence-corrected chi connectivity index (χ2v) is 13.3. The highest BCUT2D eigenvalue weighted by molar-refractivity contribution is 6.23. The van der Waals surface area contributed by atoms with Gasteiger partial charge in [-0.3, -0.25) is 9.97 Å². The molecule has 0 saturated heterocycles. The predicted molar refractivity (Wildman–Crippen MR) is 219 cm³/mol. The van der Waals surface area contributed by atoms with E-state index in [0.717, 1.165) is 11.3 Å². The Morgan fingerprint density at radius 3 is 1.13 bits per heavy atom. The van der Waals surface area contributed by atoms with Gasteiger partial charge in [-0.1, -0.05) is 170 Å². The van der Waals surface area contributed by atoms with Gasteiger partial charge in [0, 0.05) is 18.0 Å². The standard InChI is InChI=1S/C50H32N2/c1-3-13-33(14-4-1)37-27-28-44-45(31-37)49(34-15-5-2-6-16-34)39-18-8-7-17-38(39)48(44)36-25-23-35(24-26-36)47-40-19-9-11-21-42(40)50(46-32-51-29-30-52-46)43-22-12-10-20-41(43)47/h1-32H. The van der Waals surface area contributed by atoms with Crippen LogP contribution in [0.4, 0.5) is 0 Å². The van der Waals surface area contributed by atoms with E-state index in [-0.39, 0.29) is 0 Å². The summed E-state index contributed by atoms with van der Waals surface area (Å²) in [6.07, 6.45) is 5.37. The number of aromatic nitrogens is 2. The normalized spacial score (nSPS) is 11.5. The summed E-state index contributed by atoms with van der Waals surface area (Å²) in [4.78, 5) is 9.15. The summed E-state index contributed by atoms with van der Waals surface area (Å²) in [5.74, 6) is 0. The van der Waals surface area contributed by atoms with Crippen LogP contribution in [0, 0.1) is 0 Å². The Morgan fingerprint density at radius 1 is 0.269 bits per heavy atom. The lowest BCUT2D eigenvalue weighted by Gasteiger charge is -2.19. The van der Waals surface area contributed by atoms with E-state index in [2.05, 4.69) is 181 Å². The third-order valence-electron chi connectivity index (χ3n) is 10.4. The molecule has 0 aliphatic carbocycles. The number of hydrogen-bond acceptors (Lipinski definition) is 2. The van der Waals surface area contributed by atoms with E-state index >= 15 is 0 Å². The maximum absolute atomic E-state index is 4.73. The van der Waals surface area contributed by atoms with Gasteiger partial charge >= 0.3 is 0 Å². The van der Waals surface area contributed by atoms with Gasteiger partial charge in [0.15, 0.2) is 0 Å². The highest BCUT2D eigenvalue weighted by Gasteiger charge is 2.20. The van der Waals surface area contributed by atoms with Crippen molar-refractivity contribution in [1.29, 1.82) is 0 Å². The minimum absolute atomic E-state index is 0.880. The first-order valence-corrected chi connectivity index (χ1v) is 17.7. The minimum atomic E-state index is 0.880. The lowest BCUT2D eigenvalue weighted by Crippen LogP contribution is -1.93. The Labute approximate surface area is 302 Å². The van der Waals surface area contributed by atoms with Crippen LogP contribution in [0.1, 0.15) is 0 Å². The smallest absolute Gasteiger partial charge is 0.0897 e. The zero-order chi connectivity index (χ0) is 34.4. The predicted octanol–water partition coefficient (Wildman–Crippen LogP) is 13.4. The Kier molecular flexibility index (Phi) is 7.18. The molecule has 52 heavy (non-hydrogen) atoms. The van der Waals surface area contributed by atoms with Crippen LogP contribution >= 0.6 is 0 Å². The second kappa shape index (κ2) is 12.5. The van der Waals surface area contributed by atoms with Gasteiger partial charge in [0.05, 0.1) is 11.9 Å². The van der Waals surface area contributed by atoms with Crippen molar-refractivity contribution in [3.05, 3.63) is 195 Å². The van der Waals surface area contributed by atoms with Crippen LogP contribution in [0.5, 0.6) is 0 Å². The molecule has 0 amide bonds. The molecule has 2 nitrogen and oxygen atoms in total. The van der Waals surface area contributed by atoms with Gasteiger partial charge in [0.2, 0.25) is 0 Å². The molecule has 242 valence electrons. The SMILES string of the molecule is c1ccc(-c2ccc3c(-c4ccc(-c5c6ccccc6c(-c6cnccn6)c6ccccc56)cc4)c4ccccc4c(-c4ccccc4)c3c2)cc1. The molecule has 1 aromatic heterocycles. The van der Waals surface area contributed by atoms with E-state index in [1.165, 1.54) is 87.6 Å². The lowest BCUT2D eigenvalue weighted by atomic mass is 9.84. The van der Waals surface area contributed by atoms with E-state index in [1.807, 2.05) is 6.20 Å². The summed E-state index contributed by atoms with van der Waals surface area (Å²) >= 11 is 0. The molecule has 0 bridgehead atoms. The summed E-state index contributed by atoms with van der Waals surface area (Å²) in [6, 6.07) is 64.0. The van der Waals surface area contributed by atoms with Gasteiger partial charge in [0.25, 0.3) is 0 Å². The molecule has 10 aromatic rings. The zero-order valence-corrected chi connectivity index (χ0v) is 28.4. The maximum Gasteiger partial charge on any atom is 0.0897 e. The highest BCUT2D eigenvalue weighted by Crippen LogP contribution is 2.47. The average Bonchev–Trinajstić information content (AvgIpc) is 3.22. The number of nitrogens with zero attached hydrogens (tertiary/aromatic N) is 2. The van der Waals surface area contributed by atoms with Gasteiger partial charge in [-0.05, 0) is 93.7 Å². The first kappa shape index (κ1) is 30.0. The van der Waals surface area contributed by atoms with Crippen molar-refractivity contribution in [2.24, 2.45) is 0 Å². The molecule has 0 unspecified atom stereocenters. The van der Waals surface area contributed by atoms with E-state index in [9.17, 15) is 0 Å². The largest absolute Gasteiger partial charge is 0.261 e. The molecular weight excluding hydrogens is 629 g/mol. The summed E-state index contributed by atoms with van der Waals surface area (Å²) in [5.41, 5.74) is 11.8. The summed E-state index contributed by atoms with van der Waals surface area (Å²) < 4.78 is 0. The average molecular weight is 661 g/mol. The van der Waals surface area contributed by atoms with E-state index in [4.69, 9.17) is 4.98 Å². The lowest BCUT2D eigenvalue weighted by molar-refractivity contribution is 1.21. The van der Waals surface area contributed by atoms with Crippen LogP contribution in [0.15, 0.2) is 195 Å². The van der Waals surface area contributed by atoms with Crippen LogP contribution < -0.4 is 0 Å². The minimum Gasteiger partial charge on any atom is -0.261 e. The third kappa shape index (κ3) is 4.88. The molecule has 0 radical (unpaired) electrons. The van der Waals surface area contributed by atoms with E-state index < -0.39 is 0 Å². The molecule has 1 heterocycles. The third-order valence-corrected chi connectivity index (χ3v) is 10.4. The first-order chi connectivity index (χ1) is 25.8. The molecule has 10 rings (SSSR count).